The van der Waals surface area contributed by atoms with Crippen molar-refractivity contribution in [3.05, 3.63) is 66.8 Å². The van der Waals surface area contributed by atoms with Gasteiger partial charge in [-0.1, -0.05) is 23.2 Å². The second kappa shape index (κ2) is 7.81. The minimum absolute atomic E-state index is 0.0114. The van der Waals surface area contributed by atoms with Gasteiger partial charge in [-0.05, 0) is 24.6 Å². The number of rotatable bonds is 4. The predicted molar refractivity (Wildman–Crippen MR) is 101 cm³/mol. The number of carbonyl (C=O) groups excluding carboxylic acids is 1. The number of hydrogen-bond acceptors (Lipinski definition) is 6. The summed E-state index contributed by atoms with van der Waals surface area (Å²) >= 11 is 11.6. The van der Waals surface area contributed by atoms with E-state index < -0.39 is 17.3 Å². The standard InChI is InChI=1S/C17H13Cl2N3O5/c1-2-26-17(25)21-10-3-4-11-9(5-14(23)27-13(11)6-10)8-22-16(24)15(19)12(18)7-20-22/h3-7H,2,8H2,1H3,(H,21,25). The smallest absolute Gasteiger partial charge is 0.411 e. The highest BCUT2D eigenvalue weighted by Gasteiger charge is 2.12. The van der Waals surface area contributed by atoms with E-state index in [9.17, 15) is 14.4 Å². The summed E-state index contributed by atoms with van der Waals surface area (Å²) in [6.45, 7) is 1.90. The van der Waals surface area contributed by atoms with Gasteiger partial charge in [0, 0.05) is 23.2 Å². The fourth-order valence-corrected chi connectivity index (χ4v) is 2.71. The number of fused-ring (bicyclic) bond motifs is 1. The second-order valence-electron chi connectivity index (χ2n) is 5.42. The molecule has 0 saturated carbocycles. The third-order valence-corrected chi connectivity index (χ3v) is 4.36. The van der Waals surface area contributed by atoms with Gasteiger partial charge in [0.05, 0.1) is 24.4 Å². The first kappa shape index (κ1) is 18.9. The Morgan fingerprint density at radius 1 is 1.30 bits per heavy atom. The lowest BCUT2D eigenvalue weighted by Crippen LogP contribution is -2.24. The topological polar surface area (TPSA) is 103 Å². The van der Waals surface area contributed by atoms with Crippen molar-refractivity contribution >= 4 is 46.0 Å². The zero-order valence-electron chi connectivity index (χ0n) is 14.0. The molecular formula is C17H13Cl2N3O5. The first-order valence-corrected chi connectivity index (χ1v) is 8.56. The number of nitrogens with zero attached hydrogens (tertiary/aromatic N) is 2. The van der Waals surface area contributed by atoms with E-state index in [-0.39, 0.29) is 28.8 Å². The quantitative estimate of drug-likeness (QED) is 0.663. The normalized spacial score (nSPS) is 10.8. The van der Waals surface area contributed by atoms with E-state index in [1.807, 2.05) is 0 Å². The molecule has 0 atom stereocenters. The summed E-state index contributed by atoms with van der Waals surface area (Å²) in [6, 6.07) is 6.02. The van der Waals surface area contributed by atoms with Crippen molar-refractivity contribution in [1.29, 1.82) is 0 Å². The molecule has 10 heteroatoms. The van der Waals surface area contributed by atoms with E-state index in [1.165, 1.54) is 18.3 Å². The van der Waals surface area contributed by atoms with Gasteiger partial charge in [0.2, 0.25) is 0 Å². The summed E-state index contributed by atoms with van der Waals surface area (Å²) in [5.74, 6) is 0. The Labute approximate surface area is 162 Å². The largest absolute Gasteiger partial charge is 0.450 e. The van der Waals surface area contributed by atoms with Crippen molar-refractivity contribution < 1.29 is 13.9 Å². The summed E-state index contributed by atoms with van der Waals surface area (Å²) < 4.78 is 11.1. The molecule has 0 radical (unpaired) electrons. The average molecular weight is 410 g/mol. The molecule has 8 nitrogen and oxygen atoms in total. The van der Waals surface area contributed by atoms with E-state index >= 15 is 0 Å². The van der Waals surface area contributed by atoms with E-state index in [1.54, 1.807) is 19.1 Å². The van der Waals surface area contributed by atoms with E-state index in [4.69, 9.17) is 32.4 Å². The van der Waals surface area contributed by atoms with Gasteiger partial charge in [0.15, 0.2) is 0 Å². The van der Waals surface area contributed by atoms with Crippen LogP contribution in [-0.4, -0.2) is 22.5 Å². The van der Waals surface area contributed by atoms with Crippen LogP contribution < -0.4 is 16.5 Å². The number of halogens is 2. The molecule has 27 heavy (non-hydrogen) atoms. The van der Waals surface area contributed by atoms with Crippen LogP contribution in [0, 0.1) is 0 Å². The van der Waals surface area contributed by atoms with Crippen molar-refractivity contribution in [2.24, 2.45) is 0 Å². The molecule has 1 aromatic carbocycles. The fraction of sp³-hybridized carbons (Fsp3) is 0.176. The Morgan fingerprint density at radius 3 is 2.81 bits per heavy atom. The van der Waals surface area contributed by atoms with Crippen molar-refractivity contribution in [2.75, 3.05) is 11.9 Å². The SMILES string of the molecule is CCOC(=O)Nc1ccc2c(Cn3ncc(Cl)c(Cl)c3=O)cc(=O)oc2c1. The molecule has 0 fully saturated rings. The summed E-state index contributed by atoms with van der Waals surface area (Å²) in [4.78, 5) is 35.6. The van der Waals surface area contributed by atoms with Crippen LogP contribution in [0.3, 0.4) is 0 Å². The minimum Gasteiger partial charge on any atom is -0.450 e. The van der Waals surface area contributed by atoms with E-state index in [2.05, 4.69) is 10.4 Å². The molecule has 140 valence electrons. The third-order valence-electron chi connectivity index (χ3n) is 3.61. The molecule has 3 rings (SSSR count). The van der Waals surface area contributed by atoms with Crippen LogP contribution in [0.2, 0.25) is 10.0 Å². The monoisotopic (exact) mass is 409 g/mol. The molecule has 0 spiro atoms. The molecule has 0 aliphatic rings. The highest BCUT2D eigenvalue weighted by molar-refractivity contribution is 6.41. The van der Waals surface area contributed by atoms with Gasteiger partial charge in [-0.3, -0.25) is 10.1 Å². The van der Waals surface area contributed by atoms with Crippen LogP contribution in [0.4, 0.5) is 10.5 Å². The first-order chi connectivity index (χ1) is 12.9. The summed E-state index contributed by atoms with van der Waals surface area (Å²) in [6.07, 6.45) is 0.627. The van der Waals surface area contributed by atoms with Crippen LogP contribution in [0.5, 0.6) is 0 Å². The zero-order chi connectivity index (χ0) is 19.6. The molecule has 0 unspecified atom stereocenters. The number of anilines is 1. The number of hydrogen-bond donors (Lipinski definition) is 1. The van der Waals surface area contributed by atoms with Crippen LogP contribution in [0.25, 0.3) is 11.0 Å². The lowest BCUT2D eigenvalue weighted by Gasteiger charge is -2.10. The van der Waals surface area contributed by atoms with Crippen molar-refractivity contribution in [3.63, 3.8) is 0 Å². The van der Waals surface area contributed by atoms with Crippen LogP contribution in [-0.2, 0) is 11.3 Å². The maximum Gasteiger partial charge on any atom is 0.411 e. The molecule has 3 aromatic rings. The van der Waals surface area contributed by atoms with Gasteiger partial charge in [-0.25, -0.2) is 14.3 Å². The predicted octanol–water partition coefficient (Wildman–Crippen LogP) is 3.27. The Hall–Kier alpha value is -2.84. The Bertz CT molecular complexity index is 1140. The highest BCUT2D eigenvalue weighted by atomic mass is 35.5. The number of aromatic nitrogens is 2. The molecule has 0 aliphatic carbocycles. The lowest BCUT2D eigenvalue weighted by molar-refractivity contribution is 0.168. The molecule has 1 amide bonds. The van der Waals surface area contributed by atoms with Crippen LogP contribution >= 0.6 is 23.2 Å². The summed E-state index contributed by atoms with van der Waals surface area (Å²) in [7, 11) is 0. The van der Waals surface area contributed by atoms with Crippen molar-refractivity contribution in [2.45, 2.75) is 13.5 Å². The Morgan fingerprint density at radius 2 is 2.07 bits per heavy atom. The minimum atomic E-state index is -0.623. The maximum atomic E-state index is 12.2. The fourth-order valence-electron chi connectivity index (χ4n) is 2.44. The molecule has 2 aromatic heterocycles. The summed E-state index contributed by atoms with van der Waals surface area (Å²) in [5, 5.41) is 6.92. The molecule has 0 aliphatic heterocycles. The highest BCUT2D eigenvalue weighted by Crippen LogP contribution is 2.22. The Balaban J connectivity index is 2.01. The average Bonchev–Trinajstić information content (AvgIpc) is 2.62. The Kier molecular flexibility index (Phi) is 5.48. The van der Waals surface area contributed by atoms with Gasteiger partial charge in [-0.15, -0.1) is 0 Å². The van der Waals surface area contributed by atoms with Crippen molar-refractivity contribution in [3.8, 4) is 0 Å². The van der Waals surface area contributed by atoms with E-state index in [0.717, 1.165) is 4.68 Å². The first-order valence-electron chi connectivity index (χ1n) is 7.80. The number of ether oxygens (including phenoxy) is 1. The van der Waals surface area contributed by atoms with Crippen molar-refractivity contribution in [1.82, 2.24) is 9.78 Å². The van der Waals surface area contributed by atoms with E-state index in [0.29, 0.717) is 16.6 Å². The summed E-state index contributed by atoms with van der Waals surface area (Å²) in [5.41, 5.74) is -0.0621. The van der Waals surface area contributed by atoms with Gasteiger partial charge in [0.1, 0.15) is 10.6 Å². The van der Waals surface area contributed by atoms with Crippen LogP contribution in [0.15, 0.2) is 44.5 Å². The van der Waals surface area contributed by atoms with Gasteiger partial charge < -0.3 is 9.15 Å². The lowest BCUT2D eigenvalue weighted by atomic mass is 10.1. The molecule has 0 saturated heterocycles. The third kappa shape index (κ3) is 4.12. The second-order valence-corrected chi connectivity index (χ2v) is 6.20. The molecule has 2 heterocycles. The number of nitrogens with one attached hydrogen (secondary N) is 1. The number of carbonyl (C=O) groups is 1. The number of benzene rings is 1. The van der Waals surface area contributed by atoms with Crippen LogP contribution in [0.1, 0.15) is 12.5 Å². The molecular weight excluding hydrogens is 397 g/mol. The molecule has 0 bridgehead atoms. The number of amides is 1. The molecule has 1 N–H and O–H groups in total. The van der Waals surface area contributed by atoms with Gasteiger partial charge in [-0.2, -0.15) is 5.10 Å². The zero-order valence-corrected chi connectivity index (χ0v) is 15.5. The van der Waals surface area contributed by atoms with Gasteiger partial charge >= 0.3 is 11.7 Å². The van der Waals surface area contributed by atoms with Gasteiger partial charge in [0.25, 0.3) is 5.56 Å². The maximum absolute atomic E-state index is 12.2.